The van der Waals surface area contributed by atoms with E-state index in [0.717, 1.165) is 37.4 Å². The number of rotatable bonds is 6. The molecule has 21 heavy (non-hydrogen) atoms. The van der Waals surface area contributed by atoms with Crippen LogP contribution in [-0.2, 0) is 16.5 Å². The minimum Gasteiger partial charge on any atom is -0.416 e. The Bertz CT molecular complexity index is 309. The summed E-state index contributed by atoms with van der Waals surface area (Å²) in [6.45, 7) is 15.3. The van der Waals surface area contributed by atoms with Crippen molar-refractivity contribution in [1.82, 2.24) is 0 Å². The molecule has 0 saturated carbocycles. The molecule has 1 saturated heterocycles. The fourth-order valence-electron chi connectivity index (χ4n) is 3.27. The van der Waals surface area contributed by atoms with Crippen molar-refractivity contribution in [2.75, 3.05) is 0 Å². The molecule has 0 amide bonds. The number of hydrogen-bond donors (Lipinski definition) is 0. The first-order chi connectivity index (χ1) is 9.70. The van der Waals surface area contributed by atoms with E-state index in [1.54, 1.807) is 0 Å². The summed E-state index contributed by atoms with van der Waals surface area (Å²) in [6, 6.07) is 3.09. The van der Waals surface area contributed by atoms with Gasteiger partial charge in [-0.1, -0.05) is 40.0 Å². The lowest BCUT2D eigenvalue weighted by Gasteiger charge is -2.46. The monoisotopic (exact) mass is 365 g/mol. The zero-order chi connectivity index (χ0) is 16.1. The molecule has 0 bridgehead atoms. The first-order valence-corrected chi connectivity index (χ1v) is 17.7. The van der Waals surface area contributed by atoms with E-state index in [0.29, 0.717) is 0 Å². The highest BCUT2D eigenvalue weighted by Gasteiger charge is 2.51. The van der Waals surface area contributed by atoms with Crippen LogP contribution in [0.2, 0.25) is 44.3 Å². The van der Waals surface area contributed by atoms with E-state index in [-0.39, 0.29) is 0 Å². The normalized spacial score (nSPS) is 39.0. The van der Waals surface area contributed by atoms with Crippen LogP contribution in [-0.4, -0.2) is 35.0 Å². The van der Waals surface area contributed by atoms with Crippen LogP contribution in [0.5, 0.6) is 0 Å². The van der Waals surface area contributed by atoms with Gasteiger partial charge in [-0.25, -0.2) is 0 Å². The third-order valence-electron chi connectivity index (χ3n) is 3.70. The average Bonchev–Trinajstić information content (AvgIpc) is 2.25. The lowest BCUT2D eigenvalue weighted by molar-refractivity contribution is 0.238. The van der Waals surface area contributed by atoms with Gasteiger partial charge in [0.05, 0.1) is 0 Å². The van der Waals surface area contributed by atoms with E-state index in [4.69, 9.17) is 16.5 Å². The summed E-state index contributed by atoms with van der Waals surface area (Å²) in [7, 11) is -7.80. The van der Waals surface area contributed by atoms with Crippen molar-refractivity contribution in [2.24, 2.45) is 0 Å². The summed E-state index contributed by atoms with van der Waals surface area (Å²) >= 11 is 0. The highest BCUT2D eigenvalue weighted by Crippen LogP contribution is 2.33. The smallest absolute Gasteiger partial charge is 0.362 e. The molecule has 1 fully saturated rings. The van der Waals surface area contributed by atoms with Gasteiger partial charge in [0.25, 0.3) is 0 Å². The van der Waals surface area contributed by atoms with Crippen LogP contribution in [0.25, 0.3) is 0 Å². The van der Waals surface area contributed by atoms with Crippen molar-refractivity contribution in [3.05, 3.63) is 0 Å². The molecule has 2 unspecified atom stereocenters. The van der Waals surface area contributed by atoms with E-state index < -0.39 is 35.0 Å². The van der Waals surface area contributed by atoms with Crippen molar-refractivity contribution < 1.29 is 16.5 Å². The second-order valence-electron chi connectivity index (χ2n) is 6.55. The quantitative estimate of drug-likeness (QED) is 0.643. The van der Waals surface area contributed by atoms with Gasteiger partial charge in [-0.2, -0.15) is 0 Å². The van der Waals surface area contributed by atoms with Crippen LogP contribution in [0.1, 0.15) is 40.0 Å². The van der Waals surface area contributed by atoms with Crippen molar-refractivity contribution in [2.45, 2.75) is 84.4 Å². The summed E-state index contributed by atoms with van der Waals surface area (Å²) < 4.78 is 26.1. The van der Waals surface area contributed by atoms with Crippen molar-refractivity contribution in [3.8, 4) is 0 Å². The molecule has 0 spiro atoms. The Morgan fingerprint density at radius 3 is 1.33 bits per heavy atom. The van der Waals surface area contributed by atoms with Crippen LogP contribution < -0.4 is 0 Å². The number of hydrogen-bond acceptors (Lipinski definition) is 4. The molecule has 1 heterocycles. The average molecular weight is 366 g/mol. The fourth-order valence-corrected chi connectivity index (χ4v) is 22.8. The van der Waals surface area contributed by atoms with E-state index in [2.05, 4.69) is 47.0 Å². The molecule has 125 valence electrons. The summed E-state index contributed by atoms with van der Waals surface area (Å²) in [5.41, 5.74) is 0. The largest absolute Gasteiger partial charge is 0.416 e. The van der Waals surface area contributed by atoms with Gasteiger partial charge in [-0.3, -0.25) is 0 Å². The predicted molar refractivity (Wildman–Crippen MR) is 96.1 cm³/mol. The van der Waals surface area contributed by atoms with Gasteiger partial charge in [0.2, 0.25) is 0 Å². The summed E-state index contributed by atoms with van der Waals surface area (Å²) in [4.78, 5) is 0. The Morgan fingerprint density at radius 2 is 1.00 bits per heavy atom. The molecular weight excluding hydrogens is 332 g/mol. The second kappa shape index (κ2) is 8.00. The van der Waals surface area contributed by atoms with Gasteiger partial charge >= 0.3 is 35.0 Å². The topological polar surface area (TPSA) is 36.9 Å². The second-order valence-corrected chi connectivity index (χ2v) is 19.1. The first-order valence-electron chi connectivity index (χ1n) is 8.31. The molecule has 4 nitrogen and oxygen atoms in total. The maximum atomic E-state index is 6.67. The molecule has 1 aliphatic heterocycles. The maximum absolute atomic E-state index is 6.67. The first kappa shape index (κ1) is 19.8. The van der Waals surface area contributed by atoms with E-state index in [1.807, 2.05) is 0 Å². The highest BCUT2D eigenvalue weighted by atomic mass is 28.5. The Kier molecular flexibility index (Phi) is 7.52. The van der Waals surface area contributed by atoms with Gasteiger partial charge in [0.15, 0.2) is 0 Å². The molecule has 0 aromatic carbocycles. The van der Waals surface area contributed by atoms with Gasteiger partial charge in [0.1, 0.15) is 0 Å². The molecule has 0 aromatic rings. The minimum atomic E-state index is -2.20. The molecular formula is C13H33O4Si4. The van der Waals surface area contributed by atoms with Gasteiger partial charge in [-0.05, 0) is 44.3 Å². The summed E-state index contributed by atoms with van der Waals surface area (Å²) in [5.74, 6) is 0. The van der Waals surface area contributed by atoms with Crippen molar-refractivity contribution >= 4 is 35.0 Å². The molecule has 1 rings (SSSR count). The summed E-state index contributed by atoms with van der Waals surface area (Å²) in [5, 5.41) is 0. The van der Waals surface area contributed by atoms with Crippen LogP contribution in [0, 0.1) is 0 Å². The third-order valence-corrected chi connectivity index (χ3v) is 20.6. The van der Waals surface area contributed by atoms with Crippen molar-refractivity contribution in [1.29, 1.82) is 0 Å². The Balaban J connectivity index is 3.03. The van der Waals surface area contributed by atoms with Crippen LogP contribution >= 0.6 is 0 Å². The van der Waals surface area contributed by atoms with E-state index >= 15 is 0 Å². The standard InChI is InChI=1S/C13H33O4Si4/c1-8-11-19(5)14-18(4)15-20(6,12-9-2)17-21(7,16-19)13-10-3/h8-13H2,1-7H3. The zero-order valence-electron chi connectivity index (χ0n) is 14.9. The minimum absolute atomic E-state index is 1.03. The molecule has 0 aliphatic carbocycles. The SMILES string of the molecule is CCC[Si]1(C)O[Si](C)O[Si](C)(CCC)O[Si](C)(CCC)O1. The summed E-state index contributed by atoms with van der Waals surface area (Å²) in [6.07, 6.45) is 3.29. The fraction of sp³-hybridized carbons (Fsp3) is 1.00. The zero-order valence-corrected chi connectivity index (χ0v) is 18.9. The third kappa shape index (κ3) is 6.02. The van der Waals surface area contributed by atoms with Gasteiger partial charge in [0, 0.05) is 0 Å². The Labute approximate surface area is 136 Å². The van der Waals surface area contributed by atoms with E-state index in [1.165, 1.54) is 0 Å². The van der Waals surface area contributed by atoms with Crippen LogP contribution in [0.15, 0.2) is 0 Å². The van der Waals surface area contributed by atoms with Gasteiger partial charge in [-0.15, -0.1) is 0 Å². The molecule has 1 aliphatic rings. The Hall–Kier alpha value is 0.708. The predicted octanol–water partition coefficient (Wildman–Crippen LogP) is 4.63. The molecule has 8 heteroatoms. The Morgan fingerprint density at radius 1 is 0.667 bits per heavy atom. The highest BCUT2D eigenvalue weighted by molar-refractivity contribution is 6.90. The van der Waals surface area contributed by atoms with Crippen LogP contribution in [0.3, 0.4) is 0 Å². The van der Waals surface area contributed by atoms with Crippen LogP contribution in [0.4, 0.5) is 0 Å². The lowest BCUT2D eigenvalue weighted by Crippen LogP contribution is -2.63. The molecule has 2 atom stereocenters. The molecule has 1 radical (unpaired) electrons. The van der Waals surface area contributed by atoms with Gasteiger partial charge < -0.3 is 16.5 Å². The molecule has 0 aromatic heterocycles. The molecule has 0 N–H and O–H groups in total. The lowest BCUT2D eigenvalue weighted by atomic mass is 10.6. The van der Waals surface area contributed by atoms with E-state index in [9.17, 15) is 0 Å². The maximum Gasteiger partial charge on any atom is 0.362 e. The van der Waals surface area contributed by atoms with Crippen molar-refractivity contribution in [3.63, 3.8) is 0 Å².